The van der Waals surface area contributed by atoms with Crippen molar-refractivity contribution >= 4 is 21.8 Å². The van der Waals surface area contributed by atoms with Crippen LogP contribution in [-0.2, 0) is 0 Å². The number of nitrogens with two attached hydrogens (primary N) is 1. The molecular weight excluding hydrogens is 248 g/mol. The lowest BCUT2D eigenvalue weighted by Crippen LogP contribution is -2.11. The van der Waals surface area contributed by atoms with Crippen LogP contribution in [0.1, 0.15) is 31.6 Å². The van der Waals surface area contributed by atoms with Gasteiger partial charge in [-0.3, -0.25) is 0 Å². The van der Waals surface area contributed by atoms with Gasteiger partial charge in [0.05, 0.1) is 6.10 Å². The summed E-state index contributed by atoms with van der Waals surface area (Å²) in [5, 5.41) is 12.3. The lowest BCUT2D eigenvalue weighted by molar-refractivity contribution is 0.187. The Morgan fingerprint density at radius 3 is 2.45 bits per heavy atom. The van der Waals surface area contributed by atoms with Crippen LogP contribution in [-0.4, -0.2) is 16.2 Å². The third-order valence-corrected chi connectivity index (χ3v) is 3.86. The van der Waals surface area contributed by atoms with Crippen molar-refractivity contribution in [2.45, 2.75) is 26.0 Å². The minimum atomic E-state index is -0.597. The summed E-state index contributed by atoms with van der Waals surface area (Å²) in [5.74, 6) is 0. The molecule has 1 heterocycles. The van der Waals surface area contributed by atoms with Crippen LogP contribution in [0, 0.1) is 0 Å². The minimum Gasteiger partial charge on any atom is -0.387 e. The topological polar surface area (TPSA) is 51.2 Å². The number of aliphatic hydroxyl groups is 1. The highest BCUT2D eigenvalue weighted by Gasteiger charge is 2.14. The van der Waals surface area contributed by atoms with Gasteiger partial charge < -0.3 is 15.4 Å². The number of rotatable bonds is 3. The van der Waals surface area contributed by atoms with Gasteiger partial charge in [-0.2, -0.15) is 0 Å². The molecule has 3 N–H and O–H groups in total. The molecular formula is C17H20N2O. The molecule has 0 aliphatic heterocycles. The van der Waals surface area contributed by atoms with E-state index in [0.717, 1.165) is 5.56 Å². The fourth-order valence-corrected chi connectivity index (χ4v) is 2.92. The summed E-state index contributed by atoms with van der Waals surface area (Å²) in [4.78, 5) is 0. The van der Waals surface area contributed by atoms with E-state index in [9.17, 15) is 5.11 Å². The zero-order chi connectivity index (χ0) is 14.3. The molecule has 0 amide bonds. The minimum absolute atomic E-state index is 0.244. The molecule has 3 heteroatoms. The van der Waals surface area contributed by atoms with E-state index in [1.165, 1.54) is 21.8 Å². The lowest BCUT2D eigenvalue weighted by Gasteiger charge is -2.12. The van der Waals surface area contributed by atoms with Crippen LogP contribution in [0.15, 0.2) is 42.5 Å². The van der Waals surface area contributed by atoms with E-state index in [0.29, 0.717) is 6.04 Å². The molecule has 0 aliphatic carbocycles. The number of hydrogen-bond acceptors (Lipinski definition) is 2. The fraction of sp³-hybridized carbons (Fsp3) is 0.294. The molecule has 20 heavy (non-hydrogen) atoms. The summed E-state index contributed by atoms with van der Waals surface area (Å²) < 4.78 is 2.34. The molecule has 3 aromatic rings. The number of hydrogen-bond donors (Lipinski definition) is 2. The second kappa shape index (κ2) is 4.93. The Labute approximate surface area is 118 Å². The van der Waals surface area contributed by atoms with Crippen LogP contribution in [0.5, 0.6) is 0 Å². The van der Waals surface area contributed by atoms with Crippen molar-refractivity contribution in [3.05, 3.63) is 48.0 Å². The van der Waals surface area contributed by atoms with Crippen molar-refractivity contribution in [3.8, 4) is 0 Å². The first-order valence-electron chi connectivity index (χ1n) is 7.04. The Kier molecular flexibility index (Phi) is 3.24. The molecule has 0 bridgehead atoms. The summed E-state index contributed by atoms with van der Waals surface area (Å²) >= 11 is 0. The van der Waals surface area contributed by atoms with E-state index >= 15 is 0 Å². The second-order valence-electron chi connectivity index (χ2n) is 5.51. The van der Waals surface area contributed by atoms with Gasteiger partial charge in [0.2, 0.25) is 0 Å². The Bertz CT molecular complexity index is 758. The monoisotopic (exact) mass is 268 g/mol. The van der Waals surface area contributed by atoms with Gasteiger partial charge in [0, 0.05) is 34.4 Å². The van der Waals surface area contributed by atoms with Crippen molar-refractivity contribution in [2.75, 3.05) is 6.54 Å². The van der Waals surface area contributed by atoms with Gasteiger partial charge in [0.15, 0.2) is 0 Å². The predicted molar refractivity (Wildman–Crippen MR) is 83.8 cm³/mol. The fourth-order valence-electron chi connectivity index (χ4n) is 2.92. The zero-order valence-corrected chi connectivity index (χ0v) is 11.9. The standard InChI is InChI=1S/C17H20N2O/c1-11(2)19-15-6-4-3-5-13(15)14-9-12(17(20)10-18)7-8-16(14)19/h3-9,11,17,20H,10,18H2,1-2H3. The zero-order valence-electron chi connectivity index (χ0n) is 11.9. The smallest absolute Gasteiger partial charge is 0.0912 e. The van der Waals surface area contributed by atoms with Crippen LogP contribution in [0.3, 0.4) is 0 Å². The molecule has 1 unspecified atom stereocenters. The summed E-state index contributed by atoms with van der Waals surface area (Å²) in [5.41, 5.74) is 8.88. The molecule has 3 nitrogen and oxygen atoms in total. The quantitative estimate of drug-likeness (QED) is 0.765. The van der Waals surface area contributed by atoms with E-state index in [-0.39, 0.29) is 6.54 Å². The van der Waals surface area contributed by atoms with Gasteiger partial charge in [0.1, 0.15) is 0 Å². The van der Waals surface area contributed by atoms with Crippen LogP contribution in [0.4, 0.5) is 0 Å². The van der Waals surface area contributed by atoms with Crippen molar-refractivity contribution in [3.63, 3.8) is 0 Å². The normalized spacial score (nSPS) is 13.4. The lowest BCUT2D eigenvalue weighted by atomic mass is 10.1. The van der Waals surface area contributed by atoms with Gasteiger partial charge in [0.25, 0.3) is 0 Å². The third kappa shape index (κ3) is 1.90. The number of aliphatic hydroxyl groups excluding tert-OH is 1. The molecule has 0 saturated carbocycles. The first-order chi connectivity index (χ1) is 9.63. The Hall–Kier alpha value is -1.84. The van der Waals surface area contributed by atoms with Crippen molar-refractivity contribution in [1.82, 2.24) is 4.57 Å². The summed E-state index contributed by atoms with van der Waals surface area (Å²) in [6, 6.07) is 14.9. The van der Waals surface area contributed by atoms with Gasteiger partial charge in [-0.25, -0.2) is 0 Å². The van der Waals surface area contributed by atoms with Crippen LogP contribution in [0.25, 0.3) is 21.8 Å². The first kappa shape index (κ1) is 13.2. The van der Waals surface area contributed by atoms with Gasteiger partial charge in [-0.15, -0.1) is 0 Å². The van der Waals surface area contributed by atoms with Crippen molar-refractivity contribution < 1.29 is 5.11 Å². The number of benzene rings is 2. The van der Waals surface area contributed by atoms with Gasteiger partial charge in [-0.1, -0.05) is 24.3 Å². The van der Waals surface area contributed by atoms with Crippen LogP contribution in [0.2, 0.25) is 0 Å². The van der Waals surface area contributed by atoms with Gasteiger partial charge in [-0.05, 0) is 37.6 Å². The van der Waals surface area contributed by atoms with Gasteiger partial charge >= 0.3 is 0 Å². The first-order valence-corrected chi connectivity index (χ1v) is 7.04. The largest absolute Gasteiger partial charge is 0.387 e. The Morgan fingerprint density at radius 2 is 1.75 bits per heavy atom. The van der Waals surface area contributed by atoms with Crippen molar-refractivity contribution in [1.29, 1.82) is 0 Å². The molecule has 0 fully saturated rings. The van der Waals surface area contributed by atoms with E-state index in [4.69, 9.17) is 5.73 Å². The predicted octanol–water partition coefficient (Wildman–Crippen LogP) is 3.37. The molecule has 0 aliphatic rings. The van der Waals surface area contributed by atoms with Crippen molar-refractivity contribution in [2.24, 2.45) is 5.73 Å². The number of fused-ring (bicyclic) bond motifs is 3. The second-order valence-corrected chi connectivity index (χ2v) is 5.51. The average Bonchev–Trinajstić information content (AvgIpc) is 2.80. The number of aromatic nitrogens is 1. The molecule has 0 radical (unpaired) electrons. The number of nitrogens with zero attached hydrogens (tertiary/aromatic N) is 1. The Morgan fingerprint density at radius 1 is 1.05 bits per heavy atom. The maximum Gasteiger partial charge on any atom is 0.0912 e. The van der Waals surface area contributed by atoms with E-state index in [1.807, 2.05) is 6.07 Å². The highest BCUT2D eigenvalue weighted by atomic mass is 16.3. The maximum absolute atomic E-state index is 9.94. The SMILES string of the molecule is CC(C)n1c2ccccc2c2cc(C(O)CN)ccc21. The molecule has 1 aromatic heterocycles. The van der Waals surface area contributed by atoms with Crippen LogP contribution >= 0.6 is 0 Å². The third-order valence-electron chi connectivity index (χ3n) is 3.86. The molecule has 1 atom stereocenters. The average molecular weight is 268 g/mol. The highest BCUT2D eigenvalue weighted by Crippen LogP contribution is 2.33. The van der Waals surface area contributed by atoms with Crippen LogP contribution < -0.4 is 5.73 Å². The molecule has 2 aromatic carbocycles. The summed E-state index contributed by atoms with van der Waals surface area (Å²) in [6.07, 6.45) is -0.597. The maximum atomic E-state index is 9.94. The van der Waals surface area contributed by atoms with E-state index < -0.39 is 6.10 Å². The Balaban J connectivity index is 2.38. The van der Waals surface area contributed by atoms with E-state index in [2.05, 4.69) is 54.8 Å². The molecule has 104 valence electrons. The van der Waals surface area contributed by atoms with E-state index in [1.54, 1.807) is 0 Å². The molecule has 3 rings (SSSR count). The highest BCUT2D eigenvalue weighted by molar-refractivity contribution is 6.08. The molecule has 0 spiro atoms. The summed E-state index contributed by atoms with van der Waals surface area (Å²) in [7, 11) is 0. The summed E-state index contributed by atoms with van der Waals surface area (Å²) in [6.45, 7) is 4.62. The number of para-hydroxylation sites is 1. The molecule has 0 saturated heterocycles.